The summed E-state index contributed by atoms with van der Waals surface area (Å²) in [6.45, 7) is 8.97. The quantitative estimate of drug-likeness (QED) is 0.407. The molecular weight excluding hydrogens is 410 g/mol. The summed E-state index contributed by atoms with van der Waals surface area (Å²) in [7, 11) is 0. The van der Waals surface area contributed by atoms with Gasteiger partial charge in [-0.3, -0.25) is 14.2 Å². The van der Waals surface area contributed by atoms with Gasteiger partial charge < -0.3 is 4.90 Å². The maximum absolute atomic E-state index is 13.8. The van der Waals surface area contributed by atoms with E-state index >= 15 is 0 Å². The number of amides is 1. The average Bonchev–Trinajstić information content (AvgIpc) is 2.76. The molecule has 33 heavy (non-hydrogen) atoms. The van der Waals surface area contributed by atoms with Crippen LogP contribution in [0.2, 0.25) is 0 Å². The van der Waals surface area contributed by atoms with Crippen molar-refractivity contribution in [3.63, 3.8) is 0 Å². The molecule has 0 bridgehead atoms. The summed E-state index contributed by atoms with van der Waals surface area (Å²) in [6, 6.07) is 13.3. The Kier molecular flexibility index (Phi) is 6.96. The molecule has 2 aromatic carbocycles. The van der Waals surface area contributed by atoms with E-state index in [2.05, 4.69) is 19.9 Å². The first-order chi connectivity index (χ1) is 15.9. The van der Waals surface area contributed by atoms with Crippen molar-refractivity contribution in [3.8, 4) is 5.69 Å². The third-order valence-electron chi connectivity index (χ3n) is 6.98. The summed E-state index contributed by atoms with van der Waals surface area (Å²) >= 11 is 0. The molecule has 0 aliphatic heterocycles. The van der Waals surface area contributed by atoms with Crippen LogP contribution in [0.1, 0.15) is 75.4 Å². The maximum atomic E-state index is 13.8. The second kappa shape index (κ2) is 9.90. The van der Waals surface area contributed by atoms with Crippen LogP contribution in [-0.4, -0.2) is 26.9 Å². The lowest BCUT2D eigenvalue weighted by Gasteiger charge is -2.36. The molecule has 5 nitrogen and oxygen atoms in total. The Morgan fingerprint density at radius 1 is 1.15 bits per heavy atom. The highest BCUT2D eigenvalue weighted by Gasteiger charge is 2.34. The van der Waals surface area contributed by atoms with Crippen LogP contribution < -0.4 is 5.56 Å². The molecule has 0 spiro atoms. The number of nitrogens with zero attached hydrogens (tertiary/aromatic N) is 3. The predicted octanol–water partition coefficient (Wildman–Crippen LogP) is 5.88. The minimum Gasteiger partial charge on any atom is -0.333 e. The molecule has 1 amide bonds. The Morgan fingerprint density at radius 3 is 2.58 bits per heavy atom. The number of rotatable bonds is 8. The van der Waals surface area contributed by atoms with E-state index in [1.165, 1.54) is 0 Å². The highest BCUT2D eigenvalue weighted by molar-refractivity contribution is 5.81. The number of hydrogen-bond acceptors (Lipinski definition) is 3. The zero-order valence-electron chi connectivity index (χ0n) is 20.3. The molecule has 1 heterocycles. The Hall–Kier alpha value is -2.95. The number of unbranched alkanes of at least 4 members (excludes halogenated alkanes) is 2. The molecule has 3 aromatic rings. The fourth-order valence-electron chi connectivity index (χ4n) is 4.78. The fourth-order valence-corrected chi connectivity index (χ4v) is 4.78. The third-order valence-corrected chi connectivity index (χ3v) is 6.98. The standard InChI is InChI=1S/C28H35N3O2/c1-5-6-9-17-30(27(32)22-11-10-12-22)21(4)26-29-24-14-8-7-13-23(24)28(33)31(26)25-16-15-19(2)18-20(25)3/h7-8,13-16,18,21-22H,5-6,9-12,17H2,1-4H3. The second-order valence-electron chi connectivity index (χ2n) is 9.46. The third kappa shape index (κ3) is 4.59. The van der Waals surface area contributed by atoms with Crippen molar-refractivity contribution in [2.45, 2.75) is 72.3 Å². The van der Waals surface area contributed by atoms with Crippen molar-refractivity contribution in [1.82, 2.24) is 14.5 Å². The first-order valence-electron chi connectivity index (χ1n) is 12.3. The van der Waals surface area contributed by atoms with Gasteiger partial charge in [0.05, 0.1) is 22.6 Å². The van der Waals surface area contributed by atoms with Gasteiger partial charge in [-0.05, 0) is 63.8 Å². The van der Waals surface area contributed by atoms with Gasteiger partial charge in [0, 0.05) is 12.5 Å². The Bertz CT molecular complexity index is 1210. The SMILES string of the molecule is CCCCCN(C(=O)C1CCC1)C(C)c1nc2ccccc2c(=O)n1-c1ccc(C)cc1C. The van der Waals surface area contributed by atoms with Crippen LogP contribution in [0.3, 0.4) is 0 Å². The number of fused-ring (bicyclic) bond motifs is 1. The number of aromatic nitrogens is 2. The Labute approximate surface area is 196 Å². The molecule has 5 heteroatoms. The molecule has 1 fully saturated rings. The molecule has 1 aliphatic rings. The summed E-state index contributed by atoms with van der Waals surface area (Å²) in [6.07, 6.45) is 6.18. The van der Waals surface area contributed by atoms with E-state index in [9.17, 15) is 9.59 Å². The number of aryl methyl sites for hydroxylation is 2. The minimum absolute atomic E-state index is 0.0843. The molecule has 0 radical (unpaired) electrons. The first-order valence-corrected chi connectivity index (χ1v) is 12.3. The van der Waals surface area contributed by atoms with E-state index in [1.807, 2.05) is 55.1 Å². The van der Waals surface area contributed by atoms with Gasteiger partial charge in [-0.15, -0.1) is 0 Å². The average molecular weight is 446 g/mol. The van der Waals surface area contributed by atoms with E-state index in [-0.39, 0.29) is 23.4 Å². The molecule has 174 valence electrons. The van der Waals surface area contributed by atoms with E-state index in [1.54, 1.807) is 4.57 Å². The van der Waals surface area contributed by atoms with Crippen LogP contribution >= 0.6 is 0 Å². The zero-order valence-corrected chi connectivity index (χ0v) is 20.3. The molecule has 0 N–H and O–H groups in total. The highest BCUT2D eigenvalue weighted by Crippen LogP contribution is 2.32. The topological polar surface area (TPSA) is 55.2 Å². The number of benzene rings is 2. The van der Waals surface area contributed by atoms with E-state index in [0.717, 1.165) is 55.3 Å². The fraction of sp³-hybridized carbons (Fsp3) is 0.464. The van der Waals surface area contributed by atoms with Crippen molar-refractivity contribution in [3.05, 3.63) is 69.8 Å². The largest absolute Gasteiger partial charge is 0.333 e. The van der Waals surface area contributed by atoms with Crippen molar-refractivity contribution in [2.24, 2.45) is 5.92 Å². The van der Waals surface area contributed by atoms with Gasteiger partial charge >= 0.3 is 0 Å². The van der Waals surface area contributed by atoms with Crippen LogP contribution in [0, 0.1) is 19.8 Å². The van der Waals surface area contributed by atoms with Gasteiger partial charge in [0.15, 0.2) is 0 Å². The normalized spacial score (nSPS) is 14.8. The number of carbonyl (C=O) groups excluding carboxylic acids is 1. The number of hydrogen-bond donors (Lipinski definition) is 0. The summed E-state index contributed by atoms with van der Waals surface area (Å²) in [5.41, 5.74) is 3.59. The number of para-hydroxylation sites is 1. The highest BCUT2D eigenvalue weighted by atomic mass is 16.2. The zero-order chi connectivity index (χ0) is 23.5. The van der Waals surface area contributed by atoms with Gasteiger partial charge in [-0.1, -0.05) is 56.0 Å². The van der Waals surface area contributed by atoms with Gasteiger partial charge in [-0.25, -0.2) is 4.98 Å². The molecule has 1 aliphatic carbocycles. The molecule has 4 rings (SSSR count). The van der Waals surface area contributed by atoms with Gasteiger partial charge in [0.2, 0.25) is 5.91 Å². The van der Waals surface area contributed by atoms with Crippen molar-refractivity contribution < 1.29 is 4.79 Å². The molecule has 1 atom stereocenters. The second-order valence-corrected chi connectivity index (χ2v) is 9.46. The van der Waals surface area contributed by atoms with Crippen LogP contribution in [0.5, 0.6) is 0 Å². The van der Waals surface area contributed by atoms with Crippen molar-refractivity contribution in [2.75, 3.05) is 6.54 Å². The lowest BCUT2D eigenvalue weighted by Crippen LogP contribution is -2.43. The van der Waals surface area contributed by atoms with Crippen LogP contribution in [0.15, 0.2) is 47.3 Å². The molecule has 1 saturated carbocycles. The maximum Gasteiger partial charge on any atom is 0.266 e. The van der Waals surface area contributed by atoms with Gasteiger partial charge in [-0.2, -0.15) is 0 Å². The lowest BCUT2D eigenvalue weighted by atomic mass is 9.84. The predicted molar refractivity (Wildman–Crippen MR) is 134 cm³/mol. The van der Waals surface area contributed by atoms with E-state index < -0.39 is 0 Å². The van der Waals surface area contributed by atoms with Crippen LogP contribution in [-0.2, 0) is 4.79 Å². The van der Waals surface area contributed by atoms with E-state index in [0.29, 0.717) is 23.3 Å². The van der Waals surface area contributed by atoms with Crippen LogP contribution in [0.4, 0.5) is 0 Å². The monoisotopic (exact) mass is 445 g/mol. The summed E-state index contributed by atoms with van der Waals surface area (Å²) in [4.78, 5) is 34.2. The molecule has 1 aromatic heterocycles. The summed E-state index contributed by atoms with van der Waals surface area (Å²) in [5, 5.41) is 0.594. The molecular formula is C28H35N3O2. The number of carbonyl (C=O) groups is 1. The minimum atomic E-state index is -0.298. The smallest absolute Gasteiger partial charge is 0.266 e. The first kappa shape index (κ1) is 23.2. The molecule has 1 unspecified atom stereocenters. The van der Waals surface area contributed by atoms with Crippen molar-refractivity contribution in [1.29, 1.82) is 0 Å². The Balaban J connectivity index is 1.88. The van der Waals surface area contributed by atoms with E-state index in [4.69, 9.17) is 4.98 Å². The lowest BCUT2D eigenvalue weighted by molar-refractivity contribution is -0.140. The Morgan fingerprint density at radius 2 is 1.91 bits per heavy atom. The van der Waals surface area contributed by atoms with Gasteiger partial charge in [0.1, 0.15) is 5.82 Å². The van der Waals surface area contributed by atoms with Gasteiger partial charge in [0.25, 0.3) is 5.56 Å². The van der Waals surface area contributed by atoms with Crippen molar-refractivity contribution >= 4 is 16.8 Å². The summed E-state index contributed by atoms with van der Waals surface area (Å²) in [5.74, 6) is 0.949. The summed E-state index contributed by atoms with van der Waals surface area (Å²) < 4.78 is 1.74. The van der Waals surface area contributed by atoms with Crippen LogP contribution in [0.25, 0.3) is 16.6 Å². The molecule has 0 saturated heterocycles.